The number of amides is 4. The van der Waals surface area contributed by atoms with E-state index in [9.17, 15) is 34.0 Å². The summed E-state index contributed by atoms with van der Waals surface area (Å²) in [7, 11) is 0.501. The van der Waals surface area contributed by atoms with Gasteiger partial charge in [-0.25, -0.2) is 38.1 Å². The molecule has 0 fully saturated rings. The average Bonchev–Trinajstić information content (AvgIpc) is 1.67. The highest BCUT2D eigenvalue weighted by atomic mass is 32.1. The van der Waals surface area contributed by atoms with Gasteiger partial charge in [0, 0.05) is 85.6 Å². The van der Waals surface area contributed by atoms with E-state index in [1.165, 1.54) is 22.8 Å². The van der Waals surface area contributed by atoms with Gasteiger partial charge in [-0.3, -0.25) is 19.2 Å². The third-order valence-corrected chi connectivity index (χ3v) is 18.5. The van der Waals surface area contributed by atoms with Gasteiger partial charge in [-0.05, 0) is 171 Å². The Balaban J connectivity index is 0.923. The first-order valence-corrected chi connectivity index (χ1v) is 32.6. The zero-order chi connectivity index (χ0) is 65.0. The second-order valence-corrected chi connectivity index (χ2v) is 24.6. The van der Waals surface area contributed by atoms with Crippen molar-refractivity contribution in [2.75, 3.05) is 87.6 Å². The fourth-order valence-corrected chi connectivity index (χ4v) is 13.9. The number of esters is 1. The Morgan fingerprint density at radius 1 is 0.670 bits per heavy atom. The molecule has 9 rings (SSSR count). The SMILES string of the molecule is CCOC(=O)N(CCCCCCOP(OCC#N)N(C(C)C)C(C)C)C(=O)c1cc2c3c(ccc2n1C(=O)OCC)N(C(=O)c1cc2c4c(ccc2n1C(=O)OCC)N(C(=O)c1ccc2nc(/N=N/c5ccc(N(C)CCCOC(C)=O)cc5)sc2c1)CC4)CC3. The number of aromatic nitrogens is 3. The van der Waals surface area contributed by atoms with E-state index in [1.54, 1.807) is 85.2 Å². The summed E-state index contributed by atoms with van der Waals surface area (Å²) in [5.41, 5.74) is 5.93. The number of azo groups is 1. The van der Waals surface area contributed by atoms with Crippen LogP contribution in [0.1, 0.15) is 130 Å². The fraction of sp³-hybridized carbons (Fsp3) is 0.431. The van der Waals surface area contributed by atoms with Gasteiger partial charge in [0.15, 0.2) is 0 Å². The van der Waals surface area contributed by atoms with E-state index in [1.807, 2.05) is 65.1 Å². The lowest BCUT2D eigenvalue weighted by Crippen LogP contribution is -2.39. The van der Waals surface area contributed by atoms with Crippen molar-refractivity contribution in [1.82, 2.24) is 23.7 Å². The Morgan fingerprint density at radius 2 is 1.27 bits per heavy atom. The van der Waals surface area contributed by atoms with Gasteiger partial charge in [0.1, 0.15) is 18.0 Å². The van der Waals surface area contributed by atoms with Crippen LogP contribution in [0.25, 0.3) is 32.0 Å². The number of hydrogen-bond acceptors (Lipinski definition) is 20. The summed E-state index contributed by atoms with van der Waals surface area (Å²) < 4.78 is 38.7. The van der Waals surface area contributed by atoms with Crippen molar-refractivity contribution in [2.45, 2.75) is 112 Å². The van der Waals surface area contributed by atoms with E-state index >= 15 is 4.79 Å². The fourth-order valence-electron chi connectivity index (χ4n) is 11.5. The molecule has 3 aromatic heterocycles. The monoisotopic (exact) mass is 1280 g/mol. The first-order valence-electron chi connectivity index (χ1n) is 30.7. The lowest BCUT2D eigenvalue weighted by Gasteiger charge is -2.35. The summed E-state index contributed by atoms with van der Waals surface area (Å²) in [6.07, 6.45) is 1.39. The van der Waals surface area contributed by atoms with Gasteiger partial charge in [-0.2, -0.15) is 5.26 Å². The number of nitrogens with zero attached hydrogens (tertiary/aromatic N) is 11. The van der Waals surface area contributed by atoms with Crippen molar-refractivity contribution in [2.24, 2.45) is 10.2 Å². The second-order valence-electron chi connectivity index (χ2n) is 22.2. The Bertz CT molecular complexity index is 3920. The largest absolute Gasteiger partial charge is 0.466 e. The molecule has 480 valence electrons. The smallest absolute Gasteiger partial charge is 0.419 e. The van der Waals surface area contributed by atoms with Crippen molar-refractivity contribution in [1.29, 1.82) is 5.26 Å². The number of anilines is 3. The number of benzene rings is 4. The highest BCUT2D eigenvalue weighted by Crippen LogP contribution is 2.46. The molecule has 7 aromatic rings. The molecule has 4 amide bonds. The molecule has 2 aliphatic rings. The minimum absolute atomic E-state index is 0.000211. The maximum Gasteiger partial charge on any atom is 0.419 e. The number of unbranched alkanes of at least 4 members (excludes halogenated alkanes) is 3. The lowest BCUT2D eigenvalue weighted by molar-refractivity contribution is -0.141. The number of carbonyl (C=O) groups excluding carboxylic acids is 7. The number of carbonyl (C=O) groups is 7. The number of fused-ring (bicyclic) bond motifs is 7. The summed E-state index contributed by atoms with van der Waals surface area (Å²) in [6.45, 7) is 16.4. The Hall–Kier alpha value is -8.66. The molecule has 0 saturated carbocycles. The minimum atomic E-state index is -1.46. The van der Waals surface area contributed by atoms with Crippen LogP contribution in [0.4, 0.5) is 42.3 Å². The van der Waals surface area contributed by atoms with Gasteiger partial charge in [0.2, 0.25) is 5.13 Å². The third-order valence-electron chi connectivity index (χ3n) is 15.5. The van der Waals surface area contributed by atoms with E-state index in [0.717, 1.165) is 25.4 Å². The third kappa shape index (κ3) is 14.9. The number of nitriles is 1. The van der Waals surface area contributed by atoms with Crippen molar-refractivity contribution >= 4 is 122 Å². The van der Waals surface area contributed by atoms with Crippen molar-refractivity contribution in [3.8, 4) is 6.07 Å². The number of ether oxygens (including phenoxy) is 4. The standard InChI is InChI=1S/C65H76N11O13PS/c1-10-84-63(81)73(32-15-13-14-16-36-88-90(89-37-30-66)76(41(4)5)42(6)7)61(80)57-40-50-48-29-34-72(53(48)25-27-55(50)75(57)65(83)86-12-3)60(79)56-39-49-47-28-33-71(52(47)24-26-54(49)74(56)64(82)85-11-2)59(78)44-18-23-51-58(38-44)91-62(67-51)69-68-45-19-21-46(22-20-45)70(9)31-17-35-87-43(8)77/h18-27,38-42H,10-17,28-29,31-37H2,1-9H3/b69-68+. The van der Waals surface area contributed by atoms with E-state index in [2.05, 4.69) is 24.8 Å². The van der Waals surface area contributed by atoms with E-state index < -0.39 is 38.6 Å². The number of thiazole rings is 1. The molecule has 0 radical (unpaired) electrons. The molecule has 24 nitrogen and oxygen atoms in total. The molecule has 0 N–H and O–H groups in total. The second kappa shape index (κ2) is 30.4. The predicted octanol–water partition coefficient (Wildman–Crippen LogP) is 13.5. The normalized spacial score (nSPS) is 13.2. The molecule has 1 atom stereocenters. The summed E-state index contributed by atoms with van der Waals surface area (Å²) in [4.78, 5) is 108. The maximum atomic E-state index is 15.1. The quantitative estimate of drug-likeness (QED) is 0.0160. The van der Waals surface area contributed by atoms with Crippen LogP contribution in [0.2, 0.25) is 0 Å². The molecule has 4 aromatic carbocycles. The van der Waals surface area contributed by atoms with Gasteiger partial charge < -0.3 is 42.7 Å². The highest BCUT2D eigenvalue weighted by molar-refractivity contribution is 7.44. The summed E-state index contributed by atoms with van der Waals surface area (Å²) in [6, 6.07) is 25.2. The maximum absolute atomic E-state index is 15.1. The molecule has 0 bridgehead atoms. The highest BCUT2D eigenvalue weighted by Gasteiger charge is 2.37. The van der Waals surface area contributed by atoms with Crippen LogP contribution in [0.15, 0.2) is 89.1 Å². The van der Waals surface area contributed by atoms with Crippen molar-refractivity contribution in [3.63, 3.8) is 0 Å². The van der Waals surface area contributed by atoms with Crippen LogP contribution >= 0.6 is 19.9 Å². The van der Waals surface area contributed by atoms with Gasteiger partial charge in [0.25, 0.3) is 26.2 Å². The average molecular weight is 1280 g/mol. The van der Waals surface area contributed by atoms with E-state index in [-0.39, 0.29) is 74.9 Å². The first kappa shape index (κ1) is 66.8. The van der Waals surface area contributed by atoms with Crippen LogP contribution in [-0.2, 0) is 45.6 Å². The molecule has 5 heterocycles. The van der Waals surface area contributed by atoms with E-state index in [4.69, 9.17) is 28.0 Å². The van der Waals surface area contributed by atoms with Crippen LogP contribution in [0.5, 0.6) is 0 Å². The van der Waals surface area contributed by atoms with Crippen molar-refractivity contribution < 1.29 is 61.6 Å². The van der Waals surface area contributed by atoms with Crippen LogP contribution in [0, 0.1) is 11.3 Å². The topological polar surface area (TPSA) is 262 Å². The van der Waals surface area contributed by atoms with E-state index in [0.29, 0.717) is 132 Å². The lowest BCUT2D eigenvalue weighted by atomic mass is 10.1. The summed E-state index contributed by atoms with van der Waals surface area (Å²) in [5, 5.41) is 19.5. The zero-order valence-electron chi connectivity index (χ0n) is 52.8. The molecule has 0 saturated heterocycles. The summed E-state index contributed by atoms with van der Waals surface area (Å²) in [5.74, 6) is -1.82. The molecule has 0 spiro atoms. The molecular formula is C65H76N11O13PS. The molecule has 2 aliphatic heterocycles. The predicted molar refractivity (Wildman–Crippen MR) is 347 cm³/mol. The zero-order valence-corrected chi connectivity index (χ0v) is 54.5. The molecule has 1 unspecified atom stereocenters. The van der Waals surface area contributed by atoms with Gasteiger partial charge in [-0.1, -0.05) is 24.2 Å². The number of rotatable bonds is 26. The van der Waals surface area contributed by atoms with Crippen LogP contribution < -0.4 is 14.7 Å². The molecule has 91 heavy (non-hydrogen) atoms. The Labute approximate surface area is 533 Å². The van der Waals surface area contributed by atoms with Gasteiger partial charge in [0.05, 0.1) is 66.0 Å². The van der Waals surface area contributed by atoms with Gasteiger partial charge >= 0.3 is 24.2 Å². The van der Waals surface area contributed by atoms with Crippen molar-refractivity contribution in [3.05, 3.63) is 107 Å². The first-order chi connectivity index (χ1) is 43.9. The van der Waals surface area contributed by atoms with Crippen LogP contribution in [0.3, 0.4) is 0 Å². The Morgan fingerprint density at radius 3 is 1.88 bits per heavy atom. The number of hydrogen-bond donors (Lipinski definition) is 0. The minimum Gasteiger partial charge on any atom is -0.466 e. The Kier molecular flexibility index (Phi) is 22.3. The number of imide groups is 1. The molecular weight excluding hydrogens is 1210 g/mol. The van der Waals surface area contributed by atoms with Crippen LogP contribution in [-0.4, -0.2) is 151 Å². The van der Waals surface area contributed by atoms with Gasteiger partial charge in [-0.15, -0.1) is 10.2 Å². The molecule has 0 aliphatic carbocycles. The summed E-state index contributed by atoms with van der Waals surface area (Å²) >= 11 is 1.31. The molecule has 26 heteroatoms.